The Morgan fingerprint density at radius 1 is 1.44 bits per heavy atom. The van der Waals surface area contributed by atoms with Gasteiger partial charge in [0.05, 0.1) is 5.69 Å². The van der Waals surface area contributed by atoms with Gasteiger partial charge < -0.3 is 10.3 Å². The highest BCUT2D eigenvalue weighted by atomic mass is 16.5. The van der Waals surface area contributed by atoms with Crippen molar-refractivity contribution >= 4 is 0 Å². The third kappa shape index (κ3) is 2.28. The zero-order chi connectivity index (χ0) is 7.28. The molecule has 0 spiro atoms. The van der Waals surface area contributed by atoms with Crippen molar-refractivity contribution in [2.75, 3.05) is 7.05 Å². The number of rotatable bonds is 0. The van der Waals surface area contributed by atoms with E-state index in [0.717, 1.165) is 11.3 Å². The average Bonchev–Trinajstić information content (AvgIpc) is 2.23. The first kappa shape index (κ1) is 8.17. The lowest BCUT2D eigenvalue weighted by Crippen LogP contribution is -1.69. The lowest BCUT2D eigenvalue weighted by Gasteiger charge is -1.74. The van der Waals surface area contributed by atoms with Gasteiger partial charge in [0.15, 0.2) is 0 Å². The summed E-state index contributed by atoms with van der Waals surface area (Å²) in [6.45, 7) is 3.88. The second-order valence-corrected chi connectivity index (χ2v) is 1.58. The predicted octanol–water partition coefficient (Wildman–Crippen LogP) is 0.866. The average molecular weight is 128 g/mol. The van der Waals surface area contributed by atoms with Crippen LogP contribution in [0.15, 0.2) is 10.8 Å². The van der Waals surface area contributed by atoms with Gasteiger partial charge in [-0.3, -0.25) is 0 Å². The third-order valence-electron chi connectivity index (χ3n) is 0.990. The Morgan fingerprint density at radius 3 is 2.11 bits per heavy atom. The Morgan fingerprint density at radius 2 is 2.00 bits per heavy atom. The largest absolute Gasteiger partial charge is 0.364 e. The Hall–Kier alpha value is -0.830. The zero-order valence-corrected chi connectivity index (χ0v) is 6.01. The van der Waals surface area contributed by atoms with E-state index in [1.807, 2.05) is 13.8 Å². The van der Waals surface area contributed by atoms with Crippen LogP contribution in [0.3, 0.4) is 0 Å². The number of nitrogens with two attached hydrogens (primary N) is 1. The van der Waals surface area contributed by atoms with E-state index in [1.54, 1.807) is 6.26 Å². The van der Waals surface area contributed by atoms with Crippen LogP contribution in [-0.2, 0) is 0 Å². The first-order valence-electron chi connectivity index (χ1n) is 2.76. The normalized spacial score (nSPS) is 8.00. The number of aromatic nitrogens is 1. The molecule has 2 N–H and O–H groups in total. The molecule has 0 aliphatic heterocycles. The molecule has 0 bridgehead atoms. The molecule has 1 aromatic heterocycles. The van der Waals surface area contributed by atoms with Crippen molar-refractivity contribution in [3.05, 3.63) is 17.5 Å². The van der Waals surface area contributed by atoms with Crippen LogP contribution in [0.5, 0.6) is 0 Å². The molecule has 0 atom stereocenters. The Labute approximate surface area is 54.8 Å². The van der Waals surface area contributed by atoms with Crippen molar-refractivity contribution in [1.29, 1.82) is 0 Å². The standard InChI is InChI=1S/C5H7NO.CH5N/c1-4-3-7-6-5(4)2;1-2/h3H,1-2H3;2H2,1H3. The minimum absolute atomic E-state index is 0.972. The van der Waals surface area contributed by atoms with Gasteiger partial charge >= 0.3 is 0 Å². The summed E-state index contributed by atoms with van der Waals surface area (Å²) >= 11 is 0. The van der Waals surface area contributed by atoms with E-state index in [1.165, 1.54) is 7.05 Å². The molecule has 3 nitrogen and oxygen atoms in total. The molecule has 9 heavy (non-hydrogen) atoms. The van der Waals surface area contributed by atoms with Crippen LogP contribution >= 0.6 is 0 Å². The van der Waals surface area contributed by atoms with Gasteiger partial charge in [0.25, 0.3) is 0 Å². The highest BCUT2D eigenvalue weighted by Crippen LogP contribution is 1.99. The molecule has 52 valence electrons. The van der Waals surface area contributed by atoms with Gasteiger partial charge in [0.1, 0.15) is 6.26 Å². The molecular weight excluding hydrogens is 116 g/mol. The lowest BCUT2D eigenvalue weighted by atomic mass is 10.3. The van der Waals surface area contributed by atoms with Crippen LogP contribution in [0, 0.1) is 13.8 Å². The molecule has 0 aromatic carbocycles. The van der Waals surface area contributed by atoms with E-state index >= 15 is 0 Å². The fourth-order valence-electron chi connectivity index (χ4n) is 0.342. The lowest BCUT2D eigenvalue weighted by molar-refractivity contribution is 0.414. The van der Waals surface area contributed by atoms with Gasteiger partial charge in [-0.25, -0.2) is 0 Å². The summed E-state index contributed by atoms with van der Waals surface area (Å²) < 4.78 is 4.59. The molecule has 1 aromatic rings. The minimum atomic E-state index is 0.972. The van der Waals surface area contributed by atoms with Crippen LogP contribution in [-0.4, -0.2) is 12.2 Å². The summed E-state index contributed by atoms with van der Waals surface area (Å²) in [5, 5.41) is 3.64. The molecule has 0 aliphatic rings. The zero-order valence-electron chi connectivity index (χ0n) is 6.01. The number of hydrogen-bond donors (Lipinski definition) is 1. The SMILES string of the molecule is CN.Cc1conc1C. The smallest absolute Gasteiger partial charge is 0.126 e. The summed E-state index contributed by atoms with van der Waals surface area (Å²) in [6, 6.07) is 0. The van der Waals surface area contributed by atoms with Gasteiger partial charge in [0.2, 0.25) is 0 Å². The van der Waals surface area contributed by atoms with Crippen molar-refractivity contribution in [2.24, 2.45) is 5.73 Å². The molecule has 0 aliphatic carbocycles. The molecule has 0 amide bonds. The van der Waals surface area contributed by atoms with E-state index in [-0.39, 0.29) is 0 Å². The quantitative estimate of drug-likeness (QED) is 0.564. The molecule has 0 radical (unpaired) electrons. The Kier molecular flexibility index (Phi) is 3.71. The summed E-state index contributed by atoms with van der Waals surface area (Å²) in [5.41, 5.74) is 6.58. The van der Waals surface area contributed by atoms with Crippen LogP contribution < -0.4 is 5.73 Å². The molecule has 1 rings (SSSR count). The van der Waals surface area contributed by atoms with Crippen LogP contribution in [0.4, 0.5) is 0 Å². The maximum atomic E-state index is 4.59. The Balaban J connectivity index is 0.000000291. The van der Waals surface area contributed by atoms with Gasteiger partial charge in [-0.05, 0) is 20.9 Å². The van der Waals surface area contributed by atoms with Crippen molar-refractivity contribution < 1.29 is 4.52 Å². The van der Waals surface area contributed by atoms with E-state index in [0.29, 0.717) is 0 Å². The van der Waals surface area contributed by atoms with E-state index in [4.69, 9.17) is 0 Å². The van der Waals surface area contributed by atoms with Crippen LogP contribution in [0.1, 0.15) is 11.3 Å². The first-order chi connectivity index (χ1) is 4.30. The monoisotopic (exact) mass is 128 g/mol. The van der Waals surface area contributed by atoms with Crippen LogP contribution in [0.2, 0.25) is 0 Å². The minimum Gasteiger partial charge on any atom is -0.364 e. The van der Waals surface area contributed by atoms with Crippen molar-refractivity contribution in [1.82, 2.24) is 5.16 Å². The summed E-state index contributed by atoms with van der Waals surface area (Å²) in [5.74, 6) is 0. The first-order valence-corrected chi connectivity index (χ1v) is 2.76. The van der Waals surface area contributed by atoms with E-state index in [9.17, 15) is 0 Å². The third-order valence-corrected chi connectivity index (χ3v) is 0.990. The van der Waals surface area contributed by atoms with Crippen molar-refractivity contribution in [2.45, 2.75) is 13.8 Å². The predicted molar refractivity (Wildman–Crippen MR) is 36.1 cm³/mol. The maximum absolute atomic E-state index is 4.59. The number of nitrogens with zero attached hydrogens (tertiary/aromatic N) is 1. The fraction of sp³-hybridized carbons (Fsp3) is 0.500. The highest BCUT2D eigenvalue weighted by Gasteiger charge is 1.90. The topological polar surface area (TPSA) is 52.0 Å². The molecule has 0 saturated heterocycles. The van der Waals surface area contributed by atoms with Gasteiger partial charge in [-0.15, -0.1) is 0 Å². The second-order valence-electron chi connectivity index (χ2n) is 1.58. The summed E-state index contributed by atoms with van der Waals surface area (Å²) in [7, 11) is 1.50. The van der Waals surface area contributed by atoms with E-state index < -0.39 is 0 Å². The Bertz CT molecular complexity index is 143. The van der Waals surface area contributed by atoms with E-state index in [2.05, 4.69) is 15.4 Å². The van der Waals surface area contributed by atoms with Crippen LogP contribution in [0.25, 0.3) is 0 Å². The molecule has 0 saturated carbocycles. The molecule has 0 fully saturated rings. The van der Waals surface area contributed by atoms with Crippen molar-refractivity contribution in [3.8, 4) is 0 Å². The molecule has 1 heterocycles. The van der Waals surface area contributed by atoms with Crippen molar-refractivity contribution in [3.63, 3.8) is 0 Å². The summed E-state index contributed by atoms with van der Waals surface area (Å²) in [6.07, 6.45) is 1.63. The van der Waals surface area contributed by atoms with Gasteiger partial charge in [-0.2, -0.15) is 0 Å². The fourth-order valence-corrected chi connectivity index (χ4v) is 0.342. The second kappa shape index (κ2) is 4.09. The number of aryl methyl sites for hydroxylation is 2. The summed E-state index contributed by atoms with van der Waals surface area (Å²) in [4.78, 5) is 0. The van der Waals surface area contributed by atoms with Gasteiger partial charge in [-0.1, -0.05) is 5.16 Å². The highest BCUT2D eigenvalue weighted by molar-refractivity contribution is 5.08. The van der Waals surface area contributed by atoms with Gasteiger partial charge in [0, 0.05) is 5.56 Å². The molecule has 3 heteroatoms. The molecular formula is C6H12N2O. The number of hydrogen-bond acceptors (Lipinski definition) is 3. The molecule has 0 unspecified atom stereocenters. The maximum Gasteiger partial charge on any atom is 0.126 e.